The highest BCUT2D eigenvalue weighted by molar-refractivity contribution is 5.42. The van der Waals surface area contributed by atoms with Crippen molar-refractivity contribution in [1.29, 1.82) is 0 Å². The van der Waals surface area contributed by atoms with Crippen LogP contribution in [0, 0.1) is 0 Å². The van der Waals surface area contributed by atoms with Crippen LogP contribution in [-0.4, -0.2) is 37.9 Å². The largest absolute Gasteiger partial charge is 0.497 e. The zero-order valence-corrected chi connectivity index (χ0v) is 11.8. The molecule has 1 aromatic carbocycles. The second kappa shape index (κ2) is 5.63. The summed E-state index contributed by atoms with van der Waals surface area (Å²) in [5.74, 6) is 1.85. The Morgan fingerprint density at radius 1 is 1.50 bits per heavy atom. The quantitative estimate of drug-likeness (QED) is 0.860. The van der Waals surface area contributed by atoms with E-state index in [9.17, 15) is 0 Å². The molecule has 3 rings (SSSR count). The van der Waals surface area contributed by atoms with E-state index in [1.807, 2.05) is 12.1 Å². The fourth-order valence-corrected chi connectivity index (χ4v) is 2.86. The maximum absolute atomic E-state index is 5.89. The molecular weight excluding hydrogens is 254 g/mol. The molecule has 0 fully saturated rings. The molecule has 108 valence electrons. The molecule has 5 nitrogen and oxygen atoms in total. The average Bonchev–Trinajstić information content (AvgIpc) is 2.94. The molecule has 0 saturated heterocycles. The molecule has 0 amide bonds. The third-order valence-corrected chi connectivity index (χ3v) is 3.89. The van der Waals surface area contributed by atoms with Gasteiger partial charge in [-0.25, -0.2) is 0 Å². The van der Waals surface area contributed by atoms with E-state index < -0.39 is 0 Å². The number of hydrogen-bond acceptors (Lipinski definition) is 5. The van der Waals surface area contributed by atoms with Gasteiger partial charge in [-0.15, -0.1) is 0 Å². The molecule has 3 N–H and O–H groups in total. The number of nitrogens with one attached hydrogen (secondary N) is 1. The van der Waals surface area contributed by atoms with Gasteiger partial charge in [0.1, 0.15) is 18.1 Å². The van der Waals surface area contributed by atoms with E-state index in [2.05, 4.69) is 22.5 Å². The predicted molar refractivity (Wildman–Crippen MR) is 77.6 cm³/mol. The Bertz CT molecular complexity index is 516. The van der Waals surface area contributed by atoms with Gasteiger partial charge in [-0.05, 0) is 36.7 Å². The van der Waals surface area contributed by atoms with Crippen LogP contribution in [0.2, 0.25) is 0 Å². The average molecular weight is 275 g/mol. The van der Waals surface area contributed by atoms with Gasteiger partial charge in [-0.2, -0.15) is 0 Å². The molecule has 0 radical (unpaired) electrons. The summed E-state index contributed by atoms with van der Waals surface area (Å²) in [7, 11) is 1.69. The van der Waals surface area contributed by atoms with E-state index in [-0.39, 0.29) is 0 Å². The van der Waals surface area contributed by atoms with E-state index in [0.717, 1.165) is 31.0 Å². The molecule has 1 aromatic rings. The first-order valence-electron chi connectivity index (χ1n) is 7.00. The normalized spacial score (nSPS) is 20.8. The zero-order valence-electron chi connectivity index (χ0n) is 11.8. The van der Waals surface area contributed by atoms with E-state index >= 15 is 0 Å². The maximum Gasteiger partial charge on any atom is 0.122 e. The molecule has 2 aliphatic rings. The van der Waals surface area contributed by atoms with Crippen LogP contribution in [0.15, 0.2) is 30.1 Å². The Morgan fingerprint density at radius 2 is 2.40 bits per heavy atom. The monoisotopic (exact) mass is 275 g/mol. The summed E-state index contributed by atoms with van der Waals surface area (Å²) in [5.41, 5.74) is 8.15. The van der Waals surface area contributed by atoms with Gasteiger partial charge in [0.05, 0.1) is 19.8 Å². The molecular formula is C15H21N3O2. The Balaban J connectivity index is 1.76. The number of methoxy groups -OCH3 is 1. The van der Waals surface area contributed by atoms with Gasteiger partial charge in [0.25, 0.3) is 0 Å². The lowest BCUT2D eigenvalue weighted by molar-refractivity contribution is 0.151. The zero-order chi connectivity index (χ0) is 13.9. The van der Waals surface area contributed by atoms with Crippen molar-refractivity contribution >= 4 is 0 Å². The lowest BCUT2D eigenvalue weighted by atomic mass is 10.0. The molecule has 20 heavy (non-hydrogen) atoms. The van der Waals surface area contributed by atoms with Crippen LogP contribution in [0.25, 0.3) is 0 Å². The smallest absolute Gasteiger partial charge is 0.122 e. The highest BCUT2D eigenvalue weighted by Gasteiger charge is 2.28. The van der Waals surface area contributed by atoms with Crippen molar-refractivity contribution in [3.8, 4) is 11.5 Å². The molecule has 0 saturated carbocycles. The third kappa shape index (κ3) is 2.41. The van der Waals surface area contributed by atoms with Crippen LogP contribution < -0.4 is 20.5 Å². The molecule has 0 aromatic heterocycles. The second-order valence-electron chi connectivity index (χ2n) is 5.15. The van der Waals surface area contributed by atoms with Crippen LogP contribution in [0.3, 0.4) is 0 Å². The summed E-state index contributed by atoms with van der Waals surface area (Å²) in [4.78, 5) is 2.36. The predicted octanol–water partition coefficient (Wildman–Crippen LogP) is 1.05. The topological polar surface area (TPSA) is 59.8 Å². The van der Waals surface area contributed by atoms with Gasteiger partial charge in [0, 0.05) is 18.3 Å². The molecule has 1 atom stereocenters. The molecule has 5 heteroatoms. The summed E-state index contributed by atoms with van der Waals surface area (Å²) in [5, 5.41) is 3.28. The van der Waals surface area contributed by atoms with Crippen molar-refractivity contribution in [2.24, 2.45) is 5.73 Å². The molecule has 0 spiro atoms. The first-order valence-corrected chi connectivity index (χ1v) is 7.00. The Hall–Kier alpha value is -1.88. The van der Waals surface area contributed by atoms with Gasteiger partial charge < -0.3 is 25.4 Å². The highest BCUT2D eigenvalue weighted by atomic mass is 16.5. The Kier molecular flexibility index (Phi) is 3.69. The Morgan fingerprint density at radius 3 is 3.20 bits per heavy atom. The van der Waals surface area contributed by atoms with Crippen LogP contribution >= 0.6 is 0 Å². The molecule has 2 heterocycles. The standard InChI is InChI=1S/C15H21N3O2/c1-19-14-2-3-15-11(7-14)6-13(9-20-15)18-10-17-8-12(18)4-5-16/h2-3,7-8,13,17H,4-6,9-10,16H2,1H3/t13-/m1/s1. The first kappa shape index (κ1) is 13.1. The fraction of sp³-hybridized carbons (Fsp3) is 0.467. The fourth-order valence-electron chi connectivity index (χ4n) is 2.86. The lowest BCUT2D eigenvalue weighted by Crippen LogP contribution is -2.43. The second-order valence-corrected chi connectivity index (χ2v) is 5.15. The van der Waals surface area contributed by atoms with E-state index in [1.54, 1.807) is 7.11 Å². The van der Waals surface area contributed by atoms with Crippen molar-refractivity contribution in [2.45, 2.75) is 18.9 Å². The molecule has 2 aliphatic heterocycles. The highest BCUT2D eigenvalue weighted by Crippen LogP contribution is 2.31. The SMILES string of the molecule is COc1ccc2c(c1)C[C@@H](N1CNC=C1CCN)CO2. The van der Waals surface area contributed by atoms with Crippen LogP contribution in [0.5, 0.6) is 11.5 Å². The summed E-state index contributed by atoms with van der Waals surface area (Å²) in [6.07, 6.45) is 3.93. The number of fused-ring (bicyclic) bond motifs is 1. The number of hydrogen-bond donors (Lipinski definition) is 2. The maximum atomic E-state index is 5.89. The third-order valence-electron chi connectivity index (χ3n) is 3.89. The van der Waals surface area contributed by atoms with Crippen molar-refractivity contribution in [3.05, 3.63) is 35.7 Å². The molecule has 0 aliphatic carbocycles. The summed E-state index contributed by atoms with van der Waals surface area (Å²) in [6.45, 7) is 2.22. The van der Waals surface area contributed by atoms with Crippen molar-refractivity contribution < 1.29 is 9.47 Å². The van der Waals surface area contributed by atoms with Gasteiger partial charge in [-0.3, -0.25) is 0 Å². The van der Waals surface area contributed by atoms with Gasteiger partial charge in [-0.1, -0.05) is 0 Å². The van der Waals surface area contributed by atoms with Crippen LogP contribution in [-0.2, 0) is 6.42 Å². The number of rotatable bonds is 4. The minimum absolute atomic E-state index is 0.349. The molecule has 0 bridgehead atoms. The Labute approximate surface area is 119 Å². The summed E-state index contributed by atoms with van der Waals surface area (Å²) < 4.78 is 11.2. The number of ether oxygens (including phenoxy) is 2. The number of nitrogens with two attached hydrogens (primary N) is 1. The van der Waals surface area contributed by atoms with E-state index in [1.165, 1.54) is 11.3 Å². The van der Waals surface area contributed by atoms with Crippen LogP contribution in [0.1, 0.15) is 12.0 Å². The van der Waals surface area contributed by atoms with E-state index in [0.29, 0.717) is 19.2 Å². The summed E-state index contributed by atoms with van der Waals surface area (Å²) >= 11 is 0. The van der Waals surface area contributed by atoms with Crippen molar-refractivity contribution in [2.75, 3.05) is 26.9 Å². The number of benzene rings is 1. The first-order chi connectivity index (χ1) is 9.81. The molecule has 0 unspecified atom stereocenters. The van der Waals surface area contributed by atoms with Crippen molar-refractivity contribution in [1.82, 2.24) is 10.2 Å². The minimum Gasteiger partial charge on any atom is -0.497 e. The van der Waals surface area contributed by atoms with Gasteiger partial charge in [0.2, 0.25) is 0 Å². The van der Waals surface area contributed by atoms with Gasteiger partial charge in [0.15, 0.2) is 0 Å². The minimum atomic E-state index is 0.349. The lowest BCUT2D eigenvalue weighted by Gasteiger charge is -2.35. The number of nitrogens with zero attached hydrogens (tertiary/aromatic N) is 1. The van der Waals surface area contributed by atoms with Gasteiger partial charge >= 0.3 is 0 Å². The van der Waals surface area contributed by atoms with Crippen molar-refractivity contribution in [3.63, 3.8) is 0 Å². The van der Waals surface area contributed by atoms with Crippen LogP contribution in [0.4, 0.5) is 0 Å². The summed E-state index contributed by atoms with van der Waals surface area (Å²) in [6, 6.07) is 6.35. The van der Waals surface area contributed by atoms with E-state index in [4.69, 9.17) is 15.2 Å².